The molecule has 1 aromatic heterocycles. The van der Waals surface area contributed by atoms with Gasteiger partial charge in [-0.05, 0) is 12.3 Å². The molecule has 1 saturated carbocycles. The van der Waals surface area contributed by atoms with E-state index in [4.69, 9.17) is 5.11 Å². The highest BCUT2D eigenvalue weighted by Gasteiger charge is 2.33. The molecule has 0 spiro atoms. The second-order valence-corrected chi connectivity index (χ2v) is 3.99. The first-order valence-electron chi connectivity index (χ1n) is 4.99. The third-order valence-corrected chi connectivity index (χ3v) is 2.52. The summed E-state index contributed by atoms with van der Waals surface area (Å²) in [7, 11) is 0. The average Bonchev–Trinajstić information content (AvgIpc) is 2.72. The molecular weight excluding hydrogens is 212 g/mol. The number of carbonyl (C=O) groups excluding carboxylic acids is 1. The lowest BCUT2D eigenvalue weighted by Gasteiger charge is -2.02. The summed E-state index contributed by atoms with van der Waals surface area (Å²) >= 11 is 0. The normalized spacial score (nSPS) is 22.8. The summed E-state index contributed by atoms with van der Waals surface area (Å²) in [6.45, 7) is 2.06. The molecule has 2 rings (SSSR count). The number of aromatic nitrogens is 3. The molecule has 1 aliphatic carbocycles. The van der Waals surface area contributed by atoms with Crippen LogP contribution in [0.4, 0.5) is 0 Å². The summed E-state index contributed by atoms with van der Waals surface area (Å²) < 4.78 is 1.21. The number of carbonyl (C=O) groups is 2. The van der Waals surface area contributed by atoms with Gasteiger partial charge in [0.05, 0.1) is 6.20 Å². The van der Waals surface area contributed by atoms with Crippen molar-refractivity contribution in [1.82, 2.24) is 20.3 Å². The average molecular weight is 224 g/mol. The Balaban J connectivity index is 1.88. The van der Waals surface area contributed by atoms with Crippen LogP contribution in [0.15, 0.2) is 6.20 Å². The molecule has 16 heavy (non-hydrogen) atoms. The van der Waals surface area contributed by atoms with Crippen molar-refractivity contribution in [1.29, 1.82) is 0 Å². The predicted molar refractivity (Wildman–Crippen MR) is 52.7 cm³/mol. The third kappa shape index (κ3) is 2.36. The Bertz CT molecular complexity index is 428. The number of hydrogen-bond acceptors (Lipinski definition) is 4. The highest BCUT2D eigenvalue weighted by molar-refractivity contribution is 5.84. The van der Waals surface area contributed by atoms with Gasteiger partial charge in [-0.3, -0.25) is 4.79 Å². The minimum atomic E-state index is -1.15. The maximum absolute atomic E-state index is 11.4. The monoisotopic (exact) mass is 224 g/mol. The first kappa shape index (κ1) is 10.6. The topological polar surface area (TPSA) is 97.1 Å². The summed E-state index contributed by atoms with van der Waals surface area (Å²) in [4.78, 5) is 22.0. The molecule has 1 heterocycles. The van der Waals surface area contributed by atoms with E-state index in [1.54, 1.807) is 0 Å². The van der Waals surface area contributed by atoms with Crippen LogP contribution in [0.3, 0.4) is 0 Å². The summed E-state index contributed by atoms with van der Waals surface area (Å²) in [6, 6.07) is 0.259. The maximum atomic E-state index is 11.4. The van der Waals surface area contributed by atoms with Gasteiger partial charge < -0.3 is 10.4 Å². The molecule has 0 radical (unpaired) electrons. The van der Waals surface area contributed by atoms with Gasteiger partial charge in [0.2, 0.25) is 5.91 Å². The molecule has 7 heteroatoms. The van der Waals surface area contributed by atoms with Gasteiger partial charge in [-0.2, -0.15) is 0 Å². The lowest BCUT2D eigenvalue weighted by atomic mass is 10.4. The standard InChI is InChI=1S/C9H12N4O3/c1-5-2-6(5)10-8(14)4-13-3-7(9(15)16)11-12-13/h3,5-6H,2,4H2,1H3,(H,10,14)(H,15,16). The number of nitrogens with zero attached hydrogens (tertiary/aromatic N) is 3. The van der Waals surface area contributed by atoms with Crippen molar-refractivity contribution >= 4 is 11.9 Å². The van der Waals surface area contributed by atoms with Crippen LogP contribution in [0.1, 0.15) is 23.8 Å². The SMILES string of the molecule is CC1CC1NC(=O)Cn1cc(C(=O)O)nn1. The molecule has 1 amide bonds. The second-order valence-electron chi connectivity index (χ2n) is 3.99. The van der Waals surface area contributed by atoms with E-state index in [0.29, 0.717) is 5.92 Å². The zero-order chi connectivity index (χ0) is 11.7. The Kier molecular flexibility index (Phi) is 2.59. The molecule has 1 aliphatic rings. The number of rotatable bonds is 4. The zero-order valence-electron chi connectivity index (χ0n) is 8.75. The first-order chi connectivity index (χ1) is 7.56. The van der Waals surface area contributed by atoms with Crippen molar-refractivity contribution in [2.75, 3.05) is 0 Å². The van der Waals surface area contributed by atoms with E-state index in [9.17, 15) is 9.59 Å². The van der Waals surface area contributed by atoms with Crippen LogP contribution in [0.5, 0.6) is 0 Å². The molecule has 0 aromatic carbocycles. The Morgan fingerprint density at radius 1 is 1.69 bits per heavy atom. The van der Waals surface area contributed by atoms with Crippen LogP contribution in [-0.2, 0) is 11.3 Å². The van der Waals surface area contributed by atoms with Crippen LogP contribution >= 0.6 is 0 Å². The van der Waals surface area contributed by atoms with Crippen molar-refractivity contribution < 1.29 is 14.7 Å². The van der Waals surface area contributed by atoms with E-state index in [-0.39, 0.29) is 24.2 Å². The summed E-state index contributed by atoms with van der Waals surface area (Å²) in [5.41, 5.74) is -0.160. The lowest BCUT2D eigenvalue weighted by Crippen LogP contribution is -2.30. The molecule has 2 atom stereocenters. The van der Waals surface area contributed by atoms with Crippen molar-refractivity contribution in [2.45, 2.75) is 25.9 Å². The Morgan fingerprint density at radius 3 is 2.88 bits per heavy atom. The molecule has 1 aromatic rings. The number of carboxylic acids is 1. The van der Waals surface area contributed by atoms with Gasteiger partial charge in [-0.15, -0.1) is 5.10 Å². The van der Waals surface area contributed by atoms with Gasteiger partial charge in [0.25, 0.3) is 0 Å². The van der Waals surface area contributed by atoms with Gasteiger partial charge in [-0.25, -0.2) is 9.48 Å². The number of amides is 1. The minimum Gasteiger partial charge on any atom is -0.476 e. The Labute approximate surface area is 91.4 Å². The molecule has 86 valence electrons. The van der Waals surface area contributed by atoms with Crippen LogP contribution in [0, 0.1) is 5.92 Å². The summed E-state index contributed by atoms with van der Waals surface area (Å²) in [5.74, 6) is -0.784. The smallest absolute Gasteiger partial charge is 0.358 e. The Hall–Kier alpha value is -1.92. The number of nitrogens with one attached hydrogen (secondary N) is 1. The molecule has 2 N–H and O–H groups in total. The third-order valence-electron chi connectivity index (χ3n) is 2.52. The van der Waals surface area contributed by atoms with Gasteiger partial charge >= 0.3 is 5.97 Å². The Morgan fingerprint density at radius 2 is 2.38 bits per heavy atom. The van der Waals surface area contributed by atoms with Gasteiger partial charge in [0, 0.05) is 6.04 Å². The van der Waals surface area contributed by atoms with Crippen molar-refractivity contribution in [3.8, 4) is 0 Å². The summed E-state index contributed by atoms with van der Waals surface area (Å²) in [6.07, 6.45) is 2.24. The largest absolute Gasteiger partial charge is 0.476 e. The minimum absolute atomic E-state index is 0.00347. The highest BCUT2D eigenvalue weighted by Crippen LogP contribution is 2.28. The zero-order valence-corrected chi connectivity index (χ0v) is 8.75. The van der Waals surface area contributed by atoms with Crippen LogP contribution in [0.25, 0.3) is 0 Å². The lowest BCUT2D eigenvalue weighted by molar-refractivity contribution is -0.122. The van der Waals surface area contributed by atoms with Crippen molar-refractivity contribution in [3.63, 3.8) is 0 Å². The quantitative estimate of drug-likeness (QED) is 0.718. The predicted octanol–water partition coefficient (Wildman–Crippen LogP) is -0.499. The van der Waals surface area contributed by atoms with Gasteiger partial charge in [-0.1, -0.05) is 12.1 Å². The molecule has 0 saturated heterocycles. The van der Waals surface area contributed by atoms with E-state index >= 15 is 0 Å². The summed E-state index contributed by atoms with van der Waals surface area (Å²) in [5, 5.41) is 18.4. The van der Waals surface area contributed by atoms with E-state index < -0.39 is 5.97 Å². The van der Waals surface area contributed by atoms with Gasteiger partial charge in [0.15, 0.2) is 5.69 Å². The second kappa shape index (κ2) is 3.92. The molecule has 7 nitrogen and oxygen atoms in total. The number of aromatic carboxylic acids is 1. The molecule has 2 unspecified atom stereocenters. The van der Waals surface area contributed by atoms with Crippen LogP contribution < -0.4 is 5.32 Å². The van der Waals surface area contributed by atoms with E-state index in [1.807, 2.05) is 0 Å². The molecule has 1 fully saturated rings. The maximum Gasteiger partial charge on any atom is 0.358 e. The fraction of sp³-hybridized carbons (Fsp3) is 0.556. The molecule has 0 aliphatic heterocycles. The number of carboxylic acid groups (broad SMARTS) is 1. The highest BCUT2D eigenvalue weighted by atomic mass is 16.4. The molecule has 0 bridgehead atoms. The van der Waals surface area contributed by atoms with E-state index in [1.165, 1.54) is 10.9 Å². The van der Waals surface area contributed by atoms with Crippen LogP contribution in [-0.4, -0.2) is 38.0 Å². The first-order valence-corrected chi connectivity index (χ1v) is 4.99. The van der Waals surface area contributed by atoms with Crippen molar-refractivity contribution in [2.24, 2.45) is 5.92 Å². The molecular formula is C9H12N4O3. The van der Waals surface area contributed by atoms with E-state index in [0.717, 1.165) is 6.42 Å². The fourth-order valence-corrected chi connectivity index (χ4v) is 1.40. The van der Waals surface area contributed by atoms with E-state index in [2.05, 4.69) is 22.6 Å². The fourth-order valence-electron chi connectivity index (χ4n) is 1.40. The van der Waals surface area contributed by atoms with Crippen molar-refractivity contribution in [3.05, 3.63) is 11.9 Å². The van der Waals surface area contributed by atoms with Gasteiger partial charge in [0.1, 0.15) is 6.54 Å². The van der Waals surface area contributed by atoms with Crippen LogP contribution in [0.2, 0.25) is 0 Å². The number of hydrogen-bond donors (Lipinski definition) is 2.